The lowest BCUT2D eigenvalue weighted by atomic mass is 9.89. The molecule has 0 aliphatic heterocycles. The van der Waals surface area contributed by atoms with E-state index in [1.807, 2.05) is 39.8 Å². The summed E-state index contributed by atoms with van der Waals surface area (Å²) in [7, 11) is -3.89. The fourth-order valence-electron chi connectivity index (χ4n) is 2.51. The summed E-state index contributed by atoms with van der Waals surface area (Å²) >= 11 is 0. The first-order chi connectivity index (χ1) is 11.6. The summed E-state index contributed by atoms with van der Waals surface area (Å²) in [5, 5.41) is 12.4. The number of rotatable bonds is 5. The molecule has 0 aliphatic rings. The Bertz CT molecular complexity index is 900. The summed E-state index contributed by atoms with van der Waals surface area (Å²) in [5.41, 5.74) is 3.69. The Labute approximate surface area is 147 Å². The standard InChI is InChI=1S/C17H20N4O3S/c1-10(2)13-7-12(8-14(11(3)4)17(13)19-9-22)15-5-6-16(21-20-15)25(18,23)24/h5-8,10-11H,1-4H3,(H2,18,23,24). The number of aliphatic imine (C=N–C) groups is 1. The van der Waals surface area contributed by atoms with Crippen LogP contribution in [0, 0.1) is 0 Å². The zero-order valence-corrected chi connectivity index (χ0v) is 15.3. The number of hydrogen-bond acceptors (Lipinski definition) is 6. The maximum Gasteiger partial charge on any atom is 0.257 e. The number of isocyanates is 1. The molecule has 7 nitrogen and oxygen atoms in total. The Morgan fingerprint density at radius 2 is 1.60 bits per heavy atom. The lowest BCUT2D eigenvalue weighted by Crippen LogP contribution is -2.14. The van der Waals surface area contributed by atoms with Crippen molar-refractivity contribution >= 4 is 21.8 Å². The first-order valence-corrected chi connectivity index (χ1v) is 9.32. The summed E-state index contributed by atoms with van der Waals surface area (Å²) in [4.78, 5) is 14.7. The molecule has 0 amide bonds. The molecule has 132 valence electrons. The van der Waals surface area contributed by atoms with Gasteiger partial charge < -0.3 is 0 Å². The van der Waals surface area contributed by atoms with Crippen molar-refractivity contribution in [1.82, 2.24) is 10.2 Å². The van der Waals surface area contributed by atoms with Crippen LogP contribution >= 0.6 is 0 Å². The second-order valence-corrected chi connectivity index (χ2v) is 7.83. The third kappa shape index (κ3) is 4.17. The van der Waals surface area contributed by atoms with Gasteiger partial charge >= 0.3 is 0 Å². The van der Waals surface area contributed by atoms with Gasteiger partial charge in [0.1, 0.15) is 0 Å². The molecule has 0 spiro atoms. The Morgan fingerprint density at radius 3 is 1.96 bits per heavy atom. The molecule has 0 saturated heterocycles. The van der Waals surface area contributed by atoms with Gasteiger partial charge in [0.05, 0.1) is 11.4 Å². The van der Waals surface area contributed by atoms with Crippen molar-refractivity contribution in [2.75, 3.05) is 0 Å². The third-order valence-corrected chi connectivity index (χ3v) is 4.60. The van der Waals surface area contributed by atoms with E-state index in [9.17, 15) is 13.2 Å². The first kappa shape index (κ1) is 18.9. The van der Waals surface area contributed by atoms with E-state index in [1.54, 1.807) is 12.1 Å². The predicted molar refractivity (Wildman–Crippen MR) is 94.8 cm³/mol. The molecule has 0 fully saturated rings. The Balaban J connectivity index is 2.68. The van der Waals surface area contributed by atoms with Gasteiger partial charge in [-0.05, 0) is 47.2 Å². The molecule has 0 atom stereocenters. The van der Waals surface area contributed by atoms with E-state index >= 15 is 0 Å². The van der Waals surface area contributed by atoms with Crippen molar-refractivity contribution in [1.29, 1.82) is 0 Å². The second kappa shape index (κ2) is 7.23. The predicted octanol–water partition coefficient (Wildman–Crippen LogP) is 3.01. The number of hydrogen-bond donors (Lipinski definition) is 1. The van der Waals surface area contributed by atoms with Gasteiger partial charge in [-0.15, -0.1) is 10.2 Å². The van der Waals surface area contributed by atoms with E-state index < -0.39 is 10.0 Å². The van der Waals surface area contributed by atoms with Gasteiger partial charge in [-0.25, -0.2) is 18.4 Å². The minimum absolute atomic E-state index is 0.126. The monoisotopic (exact) mass is 360 g/mol. The van der Waals surface area contributed by atoms with Gasteiger partial charge in [0.25, 0.3) is 10.0 Å². The van der Waals surface area contributed by atoms with Crippen molar-refractivity contribution in [3.8, 4) is 11.3 Å². The van der Waals surface area contributed by atoms with E-state index in [2.05, 4.69) is 15.2 Å². The normalized spacial score (nSPS) is 11.6. The Morgan fingerprint density at radius 1 is 1.04 bits per heavy atom. The summed E-state index contributed by atoms with van der Waals surface area (Å²) < 4.78 is 22.6. The van der Waals surface area contributed by atoms with E-state index in [-0.39, 0.29) is 16.9 Å². The van der Waals surface area contributed by atoms with Crippen molar-refractivity contribution in [2.45, 2.75) is 44.6 Å². The summed E-state index contributed by atoms with van der Waals surface area (Å²) in [6, 6.07) is 6.64. The summed E-state index contributed by atoms with van der Waals surface area (Å²) in [5.74, 6) is 0.252. The lowest BCUT2D eigenvalue weighted by molar-refractivity contribution is 0.565. The van der Waals surface area contributed by atoms with E-state index in [0.29, 0.717) is 11.4 Å². The highest BCUT2D eigenvalue weighted by atomic mass is 32.2. The van der Waals surface area contributed by atoms with E-state index in [4.69, 9.17) is 5.14 Å². The van der Waals surface area contributed by atoms with E-state index in [1.165, 1.54) is 6.07 Å². The molecular formula is C17H20N4O3S. The number of nitrogens with two attached hydrogens (primary N) is 1. The maximum atomic E-state index is 11.3. The second-order valence-electron chi connectivity index (χ2n) is 6.32. The largest absolute Gasteiger partial charge is 0.257 e. The molecule has 0 saturated carbocycles. The molecule has 2 rings (SSSR count). The van der Waals surface area contributed by atoms with Crippen LogP contribution in [0.25, 0.3) is 11.3 Å². The van der Waals surface area contributed by atoms with Crippen LogP contribution in [0.3, 0.4) is 0 Å². The number of nitrogens with zero attached hydrogens (tertiary/aromatic N) is 3. The van der Waals surface area contributed by atoms with Crippen molar-refractivity contribution < 1.29 is 13.2 Å². The molecule has 1 aromatic heterocycles. The van der Waals surface area contributed by atoms with Crippen LogP contribution in [0.15, 0.2) is 34.3 Å². The highest BCUT2D eigenvalue weighted by Crippen LogP contribution is 2.38. The van der Waals surface area contributed by atoms with Gasteiger partial charge in [-0.1, -0.05) is 27.7 Å². The molecule has 25 heavy (non-hydrogen) atoms. The smallest absolute Gasteiger partial charge is 0.223 e. The van der Waals surface area contributed by atoms with Gasteiger partial charge in [-0.3, -0.25) is 0 Å². The summed E-state index contributed by atoms with van der Waals surface area (Å²) in [6.45, 7) is 8.01. The number of primary sulfonamides is 1. The molecular weight excluding hydrogens is 340 g/mol. The Hall–Kier alpha value is -2.41. The molecule has 1 heterocycles. The minimum atomic E-state index is -3.89. The van der Waals surface area contributed by atoms with Crippen LogP contribution in [0.5, 0.6) is 0 Å². The number of carbonyl (C=O) groups excluding carboxylic acids is 1. The quantitative estimate of drug-likeness (QED) is 0.650. The highest BCUT2D eigenvalue weighted by molar-refractivity contribution is 7.89. The molecule has 2 aromatic rings. The van der Waals surface area contributed by atoms with Crippen molar-refractivity contribution in [3.05, 3.63) is 35.4 Å². The van der Waals surface area contributed by atoms with Crippen LogP contribution in [-0.4, -0.2) is 24.7 Å². The number of benzene rings is 1. The topological polar surface area (TPSA) is 115 Å². The van der Waals surface area contributed by atoms with Gasteiger partial charge in [-0.2, -0.15) is 4.99 Å². The highest BCUT2D eigenvalue weighted by Gasteiger charge is 2.18. The molecule has 0 bridgehead atoms. The average molecular weight is 360 g/mol. The lowest BCUT2D eigenvalue weighted by Gasteiger charge is -2.17. The molecule has 0 aliphatic carbocycles. The van der Waals surface area contributed by atoms with E-state index in [0.717, 1.165) is 16.7 Å². The minimum Gasteiger partial charge on any atom is -0.223 e. The van der Waals surface area contributed by atoms with Crippen LogP contribution in [-0.2, 0) is 14.8 Å². The maximum absolute atomic E-state index is 11.3. The van der Waals surface area contributed by atoms with Gasteiger partial charge in [0, 0.05) is 5.56 Å². The molecule has 2 N–H and O–H groups in total. The first-order valence-electron chi connectivity index (χ1n) is 7.77. The molecule has 0 radical (unpaired) electrons. The summed E-state index contributed by atoms with van der Waals surface area (Å²) in [6.07, 6.45) is 1.62. The van der Waals surface area contributed by atoms with Gasteiger partial charge in [0.15, 0.2) is 5.03 Å². The molecule has 8 heteroatoms. The Kier molecular flexibility index (Phi) is 5.47. The van der Waals surface area contributed by atoms with Crippen molar-refractivity contribution in [3.63, 3.8) is 0 Å². The fraction of sp³-hybridized carbons (Fsp3) is 0.353. The molecule has 0 unspecified atom stereocenters. The fourth-order valence-corrected chi connectivity index (χ4v) is 2.92. The van der Waals surface area contributed by atoms with Crippen LogP contribution in [0.4, 0.5) is 5.69 Å². The average Bonchev–Trinajstić information content (AvgIpc) is 2.54. The zero-order chi connectivity index (χ0) is 18.8. The van der Waals surface area contributed by atoms with Crippen molar-refractivity contribution in [2.24, 2.45) is 10.1 Å². The number of sulfonamides is 1. The van der Waals surface area contributed by atoms with Crippen LogP contribution < -0.4 is 5.14 Å². The third-order valence-electron chi connectivity index (χ3n) is 3.80. The van der Waals surface area contributed by atoms with Crippen LogP contribution in [0.2, 0.25) is 0 Å². The van der Waals surface area contributed by atoms with Gasteiger partial charge in [0.2, 0.25) is 6.08 Å². The number of aromatic nitrogens is 2. The SMILES string of the molecule is CC(C)c1cc(-c2ccc(S(N)(=O)=O)nn2)cc(C(C)C)c1N=C=O. The zero-order valence-electron chi connectivity index (χ0n) is 14.5. The van der Waals surface area contributed by atoms with Crippen LogP contribution in [0.1, 0.15) is 50.7 Å². The molecule has 1 aromatic carbocycles.